The minimum Gasteiger partial charge on any atom is -0.435 e. The SMILES string of the molecule is CC(C)C(N)C(=O)OCONc1c2cc(S(=O)(=O)N3C[C@H](C)C[C@H](C)C3)ccc2c(N=O)c2ccc(S(=O)(=O)N3C[C@H](C)C[C@H](C)C3)cc12. The van der Waals surface area contributed by atoms with Gasteiger partial charge in [-0.15, -0.1) is 4.91 Å². The summed E-state index contributed by atoms with van der Waals surface area (Å²) in [7, 11) is -7.90. The number of carbonyl (C=O) groups excluding carboxylic acids is 1. The van der Waals surface area contributed by atoms with Gasteiger partial charge in [0.1, 0.15) is 11.7 Å². The van der Waals surface area contributed by atoms with Crippen molar-refractivity contribution in [2.24, 2.45) is 40.5 Å². The molecule has 0 aromatic heterocycles. The second-order valence-electron chi connectivity index (χ2n) is 14.4. The fourth-order valence-electron chi connectivity index (χ4n) is 7.15. The molecule has 2 fully saturated rings. The van der Waals surface area contributed by atoms with Gasteiger partial charge in [-0.3, -0.25) is 10.3 Å². The summed E-state index contributed by atoms with van der Waals surface area (Å²) in [4.78, 5) is 30.3. The molecule has 3 aromatic rings. The Labute approximate surface area is 288 Å². The van der Waals surface area contributed by atoms with Gasteiger partial charge in [-0.05, 0) is 71.9 Å². The molecule has 0 saturated carbocycles. The smallest absolute Gasteiger partial charge is 0.325 e. The maximum Gasteiger partial charge on any atom is 0.325 e. The largest absolute Gasteiger partial charge is 0.435 e. The standard InChI is InChI=1S/C34H47N5O8S2/c1-20(2)31(35)34(40)46-19-47-37-33-29-13-25(48(42,43)38-15-21(3)11-22(4)16-38)7-9-27(29)32(36-41)28-10-8-26(14-30(28)33)49(44,45)39-17-23(5)12-24(6)18-39/h7-10,13-14,20-24,31,37H,11-12,15-19,35H2,1-6H3/t21-,22+,23-,24+,31?. The van der Waals surface area contributed by atoms with Crippen LogP contribution in [0.3, 0.4) is 0 Å². The zero-order valence-electron chi connectivity index (χ0n) is 28.9. The summed E-state index contributed by atoms with van der Waals surface area (Å²) in [6, 6.07) is 7.92. The first-order valence-corrected chi connectivity index (χ1v) is 19.6. The molecule has 0 radical (unpaired) electrons. The summed E-state index contributed by atoms with van der Waals surface area (Å²) in [5.74, 6) is -0.137. The van der Waals surface area contributed by atoms with Crippen molar-refractivity contribution in [2.75, 3.05) is 38.5 Å². The zero-order chi connectivity index (χ0) is 35.8. The van der Waals surface area contributed by atoms with Crippen LogP contribution in [0.4, 0.5) is 11.4 Å². The molecular formula is C34H47N5O8S2. The first kappa shape index (κ1) is 37.1. The van der Waals surface area contributed by atoms with Gasteiger partial charge in [0.15, 0.2) is 0 Å². The van der Waals surface area contributed by atoms with Gasteiger partial charge in [0.2, 0.25) is 26.8 Å². The number of rotatable bonds is 11. The van der Waals surface area contributed by atoms with Crippen LogP contribution in [0.15, 0.2) is 51.4 Å². The van der Waals surface area contributed by atoms with Crippen molar-refractivity contribution in [1.82, 2.24) is 8.61 Å². The number of hydrogen-bond acceptors (Lipinski definition) is 11. The molecule has 3 N–H and O–H groups in total. The van der Waals surface area contributed by atoms with E-state index in [9.17, 15) is 26.5 Å². The van der Waals surface area contributed by atoms with Crippen molar-refractivity contribution in [3.8, 4) is 0 Å². The third-order valence-corrected chi connectivity index (χ3v) is 13.1. The predicted molar refractivity (Wildman–Crippen MR) is 189 cm³/mol. The molecule has 0 amide bonds. The molecule has 2 aliphatic heterocycles. The van der Waals surface area contributed by atoms with Gasteiger partial charge < -0.3 is 10.5 Å². The van der Waals surface area contributed by atoms with Crippen molar-refractivity contribution >= 4 is 58.9 Å². The Balaban J connectivity index is 1.65. The van der Waals surface area contributed by atoms with E-state index in [1.807, 2.05) is 27.7 Å². The average Bonchev–Trinajstić information content (AvgIpc) is 3.04. The van der Waals surface area contributed by atoms with Gasteiger partial charge in [0, 0.05) is 47.7 Å². The molecule has 13 nitrogen and oxygen atoms in total. The molecule has 2 heterocycles. The third-order valence-electron chi connectivity index (χ3n) is 9.49. The van der Waals surface area contributed by atoms with E-state index in [1.165, 1.54) is 45.0 Å². The lowest BCUT2D eigenvalue weighted by Gasteiger charge is -2.34. The Morgan fingerprint density at radius 2 is 1.24 bits per heavy atom. The molecule has 5 atom stereocenters. The highest BCUT2D eigenvalue weighted by molar-refractivity contribution is 7.89. The fourth-order valence-corrected chi connectivity index (χ4v) is 10.6. The molecule has 2 saturated heterocycles. The molecule has 5 rings (SSSR count). The van der Waals surface area contributed by atoms with Crippen molar-refractivity contribution in [2.45, 2.75) is 70.2 Å². The monoisotopic (exact) mass is 717 g/mol. The molecule has 268 valence electrons. The van der Waals surface area contributed by atoms with Crippen LogP contribution in [-0.4, -0.2) is 70.4 Å². The number of sulfonamides is 2. The lowest BCUT2D eigenvalue weighted by Crippen LogP contribution is -2.42. The third kappa shape index (κ3) is 7.61. The molecule has 49 heavy (non-hydrogen) atoms. The first-order valence-electron chi connectivity index (χ1n) is 16.7. The number of fused-ring (bicyclic) bond motifs is 2. The van der Waals surface area contributed by atoms with Crippen molar-refractivity contribution in [3.05, 3.63) is 41.3 Å². The number of esters is 1. The summed E-state index contributed by atoms with van der Waals surface area (Å²) in [5, 5.41) is 4.45. The topological polar surface area (TPSA) is 178 Å². The van der Waals surface area contributed by atoms with Gasteiger partial charge in [0.05, 0.1) is 15.5 Å². The molecule has 1 unspecified atom stereocenters. The summed E-state index contributed by atoms with van der Waals surface area (Å²) in [5.41, 5.74) is 8.85. The van der Waals surface area contributed by atoms with Crippen LogP contribution in [0.25, 0.3) is 21.5 Å². The number of hydrogen-bond donors (Lipinski definition) is 2. The van der Waals surface area contributed by atoms with E-state index in [0.29, 0.717) is 37.0 Å². The number of ether oxygens (including phenoxy) is 1. The summed E-state index contributed by atoms with van der Waals surface area (Å²) in [6.07, 6.45) is 1.84. The Bertz CT molecular complexity index is 1820. The van der Waals surface area contributed by atoms with Crippen LogP contribution in [0.1, 0.15) is 54.4 Å². The number of benzene rings is 3. The van der Waals surface area contributed by atoms with Gasteiger partial charge >= 0.3 is 5.97 Å². The average molecular weight is 718 g/mol. The Kier molecular flexibility index (Phi) is 11.0. The van der Waals surface area contributed by atoms with Crippen molar-refractivity contribution < 1.29 is 31.2 Å². The number of nitrogens with zero attached hydrogens (tertiary/aromatic N) is 3. The quantitative estimate of drug-likeness (QED) is 0.0638. The van der Waals surface area contributed by atoms with Crippen LogP contribution in [-0.2, 0) is 34.4 Å². The second kappa shape index (κ2) is 14.6. The number of nitrogens with two attached hydrogens (primary N) is 1. The van der Waals surface area contributed by atoms with Crippen LogP contribution in [0.5, 0.6) is 0 Å². The van der Waals surface area contributed by atoms with E-state index in [0.717, 1.165) is 12.8 Å². The minimum absolute atomic E-state index is 0.00467. The highest BCUT2D eigenvalue weighted by Crippen LogP contribution is 2.44. The van der Waals surface area contributed by atoms with E-state index in [-0.39, 0.29) is 61.5 Å². The van der Waals surface area contributed by atoms with Crippen molar-refractivity contribution in [1.29, 1.82) is 0 Å². The van der Waals surface area contributed by atoms with Gasteiger partial charge in [-0.2, -0.15) is 8.61 Å². The Morgan fingerprint density at radius 3 is 1.63 bits per heavy atom. The molecule has 15 heteroatoms. The number of anilines is 1. The lowest BCUT2D eigenvalue weighted by molar-refractivity contribution is -0.156. The maximum atomic E-state index is 14.0. The van der Waals surface area contributed by atoms with E-state index in [2.05, 4.69) is 10.7 Å². The van der Waals surface area contributed by atoms with E-state index in [1.54, 1.807) is 13.8 Å². The number of piperidine rings is 2. The summed E-state index contributed by atoms with van der Waals surface area (Å²) < 4.78 is 63.9. The van der Waals surface area contributed by atoms with Crippen LogP contribution in [0.2, 0.25) is 0 Å². The fraction of sp³-hybridized carbons (Fsp3) is 0.559. The van der Waals surface area contributed by atoms with Crippen molar-refractivity contribution in [3.63, 3.8) is 0 Å². The predicted octanol–water partition coefficient (Wildman–Crippen LogP) is 5.55. The normalized spacial score (nSPS) is 23.5. The van der Waals surface area contributed by atoms with E-state index in [4.69, 9.17) is 15.3 Å². The lowest BCUT2D eigenvalue weighted by atomic mass is 9.94. The molecule has 2 aliphatic rings. The molecular weight excluding hydrogens is 671 g/mol. The number of nitrogens with one attached hydrogen (secondary N) is 1. The van der Waals surface area contributed by atoms with E-state index >= 15 is 0 Å². The van der Waals surface area contributed by atoms with E-state index < -0.39 is 38.9 Å². The molecule has 0 aliphatic carbocycles. The van der Waals surface area contributed by atoms with Gasteiger partial charge in [-0.1, -0.05) is 53.7 Å². The first-order chi connectivity index (χ1) is 23.0. The van der Waals surface area contributed by atoms with Crippen LogP contribution in [0, 0.1) is 34.5 Å². The summed E-state index contributed by atoms with van der Waals surface area (Å²) in [6.45, 7) is 12.6. The highest BCUT2D eigenvalue weighted by Gasteiger charge is 2.34. The Hall–Kier alpha value is -3.21. The molecule has 3 aromatic carbocycles. The molecule has 0 spiro atoms. The summed E-state index contributed by atoms with van der Waals surface area (Å²) >= 11 is 0. The number of carbonyl (C=O) groups is 1. The van der Waals surface area contributed by atoms with Crippen LogP contribution < -0.4 is 11.2 Å². The number of nitroso groups, excluding NO2 is 1. The van der Waals surface area contributed by atoms with Gasteiger partial charge in [-0.25, -0.2) is 21.7 Å². The van der Waals surface area contributed by atoms with Gasteiger partial charge in [0.25, 0.3) is 0 Å². The minimum atomic E-state index is -3.95. The maximum absolute atomic E-state index is 14.0. The van der Waals surface area contributed by atoms with Crippen LogP contribution >= 0.6 is 0 Å². The molecule has 0 bridgehead atoms. The highest BCUT2D eigenvalue weighted by atomic mass is 32.2. The second-order valence-corrected chi connectivity index (χ2v) is 18.2. The zero-order valence-corrected chi connectivity index (χ0v) is 30.5. The Morgan fingerprint density at radius 1 is 0.816 bits per heavy atom.